The van der Waals surface area contributed by atoms with Gasteiger partial charge in [-0.05, 0) is 30.3 Å². The summed E-state index contributed by atoms with van der Waals surface area (Å²) in [5.74, 6) is -1.31. The summed E-state index contributed by atoms with van der Waals surface area (Å²) < 4.78 is 15.3. The Morgan fingerprint density at radius 1 is 1.15 bits per heavy atom. The van der Waals surface area contributed by atoms with E-state index in [4.69, 9.17) is 25.5 Å². The Bertz CT molecular complexity index is 1080. The van der Waals surface area contributed by atoms with Gasteiger partial charge in [-0.3, -0.25) is 9.59 Å². The summed E-state index contributed by atoms with van der Waals surface area (Å²) in [6.45, 7) is -0.557. The number of ether oxygens (including phenoxy) is 2. The molecule has 0 spiro atoms. The maximum Gasteiger partial charge on any atom is 0.374 e. The smallest absolute Gasteiger partial charge is 0.374 e. The van der Waals surface area contributed by atoms with Crippen LogP contribution in [0.5, 0.6) is 5.75 Å². The minimum absolute atomic E-state index is 0.259. The Morgan fingerprint density at radius 3 is 2.67 bits per heavy atom. The molecular weight excluding hydrogens is 374 g/mol. The first-order chi connectivity index (χ1) is 13.0. The number of hydrogen-bond acceptors (Lipinski definition) is 6. The highest BCUT2D eigenvalue weighted by Gasteiger charge is 2.15. The van der Waals surface area contributed by atoms with E-state index in [2.05, 4.69) is 5.32 Å². The molecule has 2 aromatic carbocycles. The maximum atomic E-state index is 12.1. The summed E-state index contributed by atoms with van der Waals surface area (Å²) in [7, 11) is 1.48. The molecule has 0 aliphatic carbocycles. The zero-order valence-electron chi connectivity index (χ0n) is 14.2. The number of halogens is 1. The minimum atomic E-state index is -0.916. The fourth-order valence-electron chi connectivity index (χ4n) is 2.35. The number of benzene rings is 2. The Morgan fingerprint density at radius 2 is 1.93 bits per heavy atom. The van der Waals surface area contributed by atoms with Crippen LogP contribution in [0.25, 0.3) is 11.0 Å². The molecule has 1 amide bonds. The average molecular weight is 388 g/mol. The predicted octanol–water partition coefficient (Wildman–Crippen LogP) is 3.25. The van der Waals surface area contributed by atoms with Crippen LogP contribution in [0.2, 0.25) is 5.02 Å². The molecule has 0 atom stereocenters. The van der Waals surface area contributed by atoms with Gasteiger partial charge in [-0.2, -0.15) is 0 Å². The zero-order valence-corrected chi connectivity index (χ0v) is 14.9. The van der Waals surface area contributed by atoms with Gasteiger partial charge in [0.25, 0.3) is 5.91 Å². The lowest BCUT2D eigenvalue weighted by atomic mass is 10.2. The fourth-order valence-corrected chi connectivity index (χ4v) is 2.61. The summed E-state index contributed by atoms with van der Waals surface area (Å²) in [4.78, 5) is 36.0. The summed E-state index contributed by atoms with van der Waals surface area (Å²) in [5.41, 5.74) is 0.300. The van der Waals surface area contributed by atoms with Crippen molar-refractivity contribution in [2.75, 3.05) is 19.0 Å². The van der Waals surface area contributed by atoms with Crippen molar-refractivity contribution in [1.82, 2.24) is 0 Å². The lowest BCUT2D eigenvalue weighted by Gasteiger charge is -2.08. The Kier molecular flexibility index (Phi) is 5.42. The van der Waals surface area contributed by atoms with Crippen LogP contribution in [0.3, 0.4) is 0 Å². The number of methoxy groups -OCH3 is 1. The molecule has 0 unspecified atom stereocenters. The predicted molar refractivity (Wildman–Crippen MR) is 99.4 cm³/mol. The van der Waals surface area contributed by atoms with Crippen molar-refractivity contribution in [3.63, 3.8) is 0 Å². The molecule has 3 rings (SSSR count). The van der Waals surface area contributed by atoms with E-state index in [1.807, 2.05) is 0 Å². The molecule has 0 saturated carbocycles. The van der Waals surface area contributed by atoms with Crippen molar-refractivity contribution in [2.45, 2.75) is 0 Å². The molecule has 1 heterocycles. The largest absolute Gasteiger partial charge is 0.495 e. The van der Waals surface area contributed by atoms with Crippen LogP contribution >= 0.6 is 11.6 Å². The third kappa shape index (κ3) is 4.27. The number of esters is 1. The van der Waals surface area contributed by atoms with E-state index < -0.39 is 18.5 Å². The van der Waals surface area contributed by atoms with Crippen molar-refractivity contribution in [3.8, 4) is 5.75 Å². The van der Waals surface area contributed by atoms with E-state index in [0.717, 1.165) is 6.07 Å². The van der Waals surface area contributed by atoms with E-state index in [9.17, 15) is 14.4 Å². The van der Waals surface area contributed by atoms with Crippen molar-refractivity contribution >= 4 is 40.1 Å². The lowest BCUT2D eigenvalue weighted by molar-refractivity contribution is -0.119. The molecule has 0 aliphatic rings. The number of hydrogen-bond donors (Lipinski definition) is 1. The van der Waals surface area contributed by atoms with E-state index in [0.29, 0.717) is 21.8 Å². The van der Waals surface area contributed by atoms with Crippen molar-refractivity contribution < 1.29 is 23.5 Å². The number of rotatable bonds is 5. The lowest BCUT2D eigenvalue weighted by Crippen LogP contribution is -2.21. The monoisotopic (exact) mass is 387 g/mol. The van der Waals surface area contributed by atoms with Gasteiger partial charge in [0.1, 0.15) is 11.3 Å². The third-order valence-corrected chi connectivity index (χ3v) is 3.90. The average Bonchev–Trinajstić information content (AvgIpc) is 2.66. The van der Waals surface area contributed by atoms with Gasteiger partial charge in [-0.1, -0.05) is 23.7 Å². The van der Waals surface area contributed by atoms with Gasteiger partial charge in [-0.15, -0.1) is 0 Å². The molecule has 0 bridgehead atoms. The second-order valence-electron chi connectivity index (χ2n) is 5.44. The highest BCUT2D eigenvalue weighted by atomic mass is 35.5. The Labute approximate surface area is 158 Å². The van der Waals surface area contributed by atoms with E-state index >= 15 is 0 Å². The van der Waals surface area contributed by atoms with Gasteiger partial charge in [0.15, 0.2) is 12.0 Å². The summed E-state index contributed by atoms with van der Waals surface area (Å²) in [6, 6.07) is 12.2. The molecule has 1 aromatic heterocycles. The van der Waals surface area contributed by atoms with Crippen LogP contribution in [-0.4, -0.2) is 25.6 Å². The molecule has 138 valence electrons. The SMILES string of the molecule is COc1ccc(NC(=O)COC(=O)c2cc(=O)c3ccccc3o2)cc1Cl. The Hall–Kier alpha value is -3.32. The maximum absolute atomic E-state index is 12.1. The normalized spacial score (nSPS) is 10.4. The van der Waals surface area contributed by atoms with Crippen molar-refractivity contribution in [2.24, 2.45) is 0 Å². The van der Waals surface area contributed by atoms with Crippen LogP contribution in [0.15, 0.2) is 57.7 Å². The van der Waals surface area contributed by atoms with E-state index in [1.165, 1.54) is 13.2 Å². The molecule has 1 N–H and O–H groups in total. The van der Waals surface area contributed by atoms with Crippen LogP contribution < -0.4 is 15.5 Å². The molecule has 8 heteroatoms. The van der Waals surface area contributed by atoms with Gasteiger partial charge >= 0.3 is 5.97 Å². The van der Waals surface area contributed by atoms with Gasteiger partial charge in [0.2, 0.25) is 5.76 Å². The Balaban J connectivity index is 1.64. The second-order valence-corrected chi connectivity index (χ2v) is 5.85. The van der Waals surface area contributed by atoms with Crippen molar-refractivity contribution in [3.05, 3.63) is 69.5 Å². The number of carbonyl (C=O) groups is 2. The van der Waals surface area contributed by atoms with Gasteiger partial charge in [-0.25, -0.2) is 4.79 Å². The molecular formula is C19H14ClNO6. The quantitative estimate of drug-likeness (QED) is 0.675. The number of fused-ring (bicyclic) bond motifs is 1. The number of para-hydroxylation sites is 1. The molecule has 27 heavy (non-hydrogen) atoms. The fraction of sp³-hybridized carbons (Fsp3) is 0.105. The third-order valence-electron chi connectivity index (χ3n) is 3.61. The molecule has 3 aromatic rings. The van der Waals surface area contributed by atoms with Crippen LogP contribution in [-0.2, 0) is 9.53 Å². The highest BCUT2D eigenvalue weighted by Crippen LogP contribution is 2.27. The first-order valence-electron chi connectivity index (χ1n) is 7.81. The summed E-state index contributed by atoms with van der Waals surface area (Å²) in [6.07, 6.45) is 0. The van der Waals surface area contributed by atoms with Gasteiger partial charge < -0.3 is 19.2 Å². The minimum Gasteiger partial charge on any atom is -0.495 e. The summed E-state index contributed by atoms with van der Waals surface area (Å²) in [5, 5.41) is 3.21. The second kappa shape index (κ2) is 7.92. The first-order valence-corrected chi connectivity index (χ1v) is 8.19. The van der Waals surface area contributed by atoms with Gasteiger partial charge in [0, 0.05) is 11.8 Å². The van der Waals surface area contributed by atoms with Crippen LogP contribution in [0, 0.1) is 0 Å². The first kappa shape index (κ1) is 18.5. The molecule has 0 saturated heterocycles. The molecule has 0 radical (unpaired) electrons. The highest BCUT2D eigenvalue weighted by molar-refractivity contribution is 6.32. The van der Waals surface area contributed by atoms with E-state index in [1.54, 1.807) is 36.4 Å². The van der Waals surface area contributed by atoms with Crippen molar-refractivity contribution in [1.29, 1.82) is 0 Å². The van der Waals surface area contributed by atoms with Gasteiger partial charge in [0.05, 0.1) is 17.5 Å². The number of carbonyl (C=O) groups excluding carboxylic acids is 2. The van der Waals surface area contributed by atoms with E-state index in [-0.39, 0.29) is 16.8 Å². The molecule has 0 fully saturated rings. The topological polar surface area (TPSA) is 94.8 Å². The molecule has 7 nitrogen and oxygen atoms in total. The number of amides is 1. The number of nitrogens with one attached hydrogen (secondary N) is 1. The van der Waals surface area contributed by atoms with Crippen LogP contribution in [0.1, 0.15) is 10.6 Å². The standard InChI is InChI=1S/C19H14ClNO6/c1-25-16-7-6-11(8-13(16)20)21-18(23)10-26-19(24)17-9-14(22)12-4-2-3-5-15(12)27-17/h2-9H,10H2,1H3,(H,21,23). The zero-order chi connectivity index (χ0) is 19.4. The molecule has 0 aliphatic heterocycles. The van der Waals surface area contributed by atoms with Crippen LogP contribution in [0.4, 0.5) is 5.69 Å². The number of anilines is 1. The summed E-state index contributed by atoms with van der Waals surface area (Å²) >= 11 is 5.98.